The Bertz CT molecular complexity index is 3240. The number of nitrogens with one attached hydrogen (secondary N) is 7. The molecule has 14 N–H and O–H groups in total. The molecule has 0 saturated carbocycles. The van der Waals surface area contributed by atoms with Crippen LogP contribution in [0, 0.1) is 12.7 Å². The summed E-state index contributed by atoms with van der Waals surface area (Å²) in [7, 11) is 0. The molecule has 0 spiro atoms. The SMILES string of the molecule is CC[C@@]1(O)C(=O)OCc2c1cc1n(c2=O)Cc2c-1nc1cc(F)c(C)c3c1c2[C@@H](NC(=O)CCOCNC(=O)CNC(=O)[C@H](Cc1ccccc1)NC(=O)CNC(=O)CNC(=O)[C@@H](N)CCC(=O)NC[C@@H]1O[C@H](CO)[C@@H](O)[C@H](O)[C@H]1O)CC3. The number of nitrogens with zero attached hydrogens (tertiary/aromatic N) is 2. The van der Waals surface area contributed by atoms with E-state index in [1.807, 2.05) is 0 Å². The molecule has 3 aliphatic heterocycles. The number of benzene rings is 2. The first-order chi connectivity index (χ1) is 39.6. The van der Waals surface area contributed by atoms with Crippen molar-refractivity contribution in [3.05, 3.63) is 97.6 Å². The standard InChI is InChI=1S/C55H67FN10O17/c1-3-55(80)31-16-37-47-29(22-66(37)53(78)30(31)24-82-54(55)79)46-34(11-9-28-26(2)32(56)17-35(65-47)45(28)46)63-41(69)13-14-81-25-62-43(71)20-61-52(77)36(15-27-7-5-4-6-8-27)64-44(72)21-59-42(70)19-60-51(76)33(57)10-12-40(68)58-18-38-48(73)50(75)49(74)39(23-67)83-38/h4-8,16-17,33-34,36,38-39,48-50,67,73-75,80H,3,9-15,18-25,57H2,1-2H3,(H,58,68)(H,59,70)(H,60,76)(H,61,77)(H,62,71)(H,63,69)(H,64,72)/t33-,34-,36-,38-,39+,48-,49+,50+,55-/m0/s1. The normalized spacial score (nSPS) is 21.9. The van der Waals surface area contributed by atoms with E-state index in [-0.39, 0.29) is 76.3 Å². The van der Waals surface area contributed by atoms with Gasteiger partial charge in [0.05, 0.1) is 80.4 Å². The minimum absolute atomic E-state index is 0.00242. The second-order valence-electron chi connectivity index (χ2n) is 20.7. The lowest BCUT2D eigenvalue weighted by atomic mass is 9.81. The second kappa shape index (κ2) is 26.6. The van der Waals surface area contributed by atoms with Gasteiger partial charge < -0.3 is 87.3 Å². The second-order valence-corrected chi connectivity index (χ2v) is 20.7. The largest absolute Gasteiger partial charge is 0.458 e. The number of hydrogen-bond acceptors (Lipinski definition) is 19. The number of hydrogen-bond donors (Lipinski definition) is 13. The Morgan fingerprint density at radius 2 is 1.55 bits per heavy atom. The molecule has 446 valence electrons. The monoisotopic (exact) mass is 1160 g/mol. The van der Waals surface area contributed by atoms with E-state index < -0.39 is 139 Å². The van der Waals surface area contributed by atoms with Gasteiger partial charge in [0.25, 0.3) is 5.56 Å². The van der Waals surface area contributed by atoms with Gasteiger partial charge in [-0.25, -0.2) is 14.2 Å². The molecule has 0 bridgehead atoms. The summed E-state index contributed by atoms with van der Waals surface area (Å²) >= 11 is 0. The minimum atomic E-state index is -2.05. The summed E-state index contributed by atoms with van der Waals surface area (Å²) < 4.78 is 32.9. The van der Waals surface area contributed by atoms with Gasteiger partial charge in [-0.05, 0) is 60.9 Å². The molecule has 1 fully saturated rings. The maximum Gasteiger partial charge on any atom is 0.343 e. The third kappa shape index (κ3) is 13.7. The smallest absolute Gasteiger partial charge is 0.343 e. The zero-order valence-electron chi connectivity index (χ0n) is 45.5. The zero-order chi connectivity index (χ0) is 59.9. The summed E-state index contributed by atoms with van der Waals surface area (Å²) in [5, 5.41) is 69.0. The van der Waals surface area contributed by atoms with Gasteiger partial charge in [-0.2, -0.15) is 0 Å². The highest BCUT2D eigenvalue weighted by atomic mass is 19.1. The van der Waals surface area contributed by atoms with Crippen LogP contribution in [0.3, 0.4) is 0 Å². The van der Waals surface area contributed by atoms with Crippen LogP contribution in [0.15, 0.2) is 47.3 Å². The van der Waals surface area contributed by atoms with Crippen molar-refractivity contribution in [3.63, 3.8) is 0 Å². The number of ether oxygens (including phenoxy) is 3. The predicted octanol–water partition coefficient (Wildman–Crippen LogP) is -3.75. The van der Waals surface area contributed by atoms with Gasteiger partial charge in [0.1, 0.15) is 55.7 Å². The maximum absolute atomic E-state index is 15.4. The molecule has 28 heteroatoms. The number of carbonyl (C=O) groups is 8. The molecule has 4 aliphatic rings. The number of aromatic nitrogens is 2. The van der Waals surface area contributed by atoms with E-state index in [9.17, 15) is 68.7 Å². The molecular formula is C55H67FN10O17. The Kier molecular flexibility index (Phi) is 19.6. The average Bonchev–Trinajstić information content (AvgIpc) is 4.05. The summed E-state index contributed by atoms with van der Waals surface area (Å²) in [6.45, 7) is -0.128. The first kappa shape index (κ1) is 61.2. The summed E-state index contributed by atoms with van der Waals surface area (Å²) in [4.78, 5) is 122. The molecule has 83 heavy (non-hydrogen) atoms. The first-order valence-corrected chi connectivity index (χ1v) is 27.1. The minimum Gasteiger partial charge on any atom is -0.458 e. The predicted molar refractivity (Wildman–Crippen MR) is 287 cm³/mol. The molecule has 1 saturated heterocycles. The highest BCUT2D eigenvalue weighted by Gasteiger charge is 2.47. The van der Waals surface area contributed by atoms with Gasteiger partial charge >= 0.3 is 5.97 Å². The Labute approximate surface area is 473 Å². The zero-order valence-corrected chi connectivity index (χ0v) is 45.5. The number of nitrogens with two attached hydrogens (primary N) is 1. The molecule has 5 heterocycles. The number of amides is 7. The fourth-order valence-corrected chi connectivity index (χ4v) is 10.6. The molecule has 9 atom stereocenters. The van der Waals surface area contributed by atoms with Gasteiger partial charge in [-0.15, -0.1) is 0 Å². The van der Waals surface area contributed by atoms with Crippen molar-refractivity contribution in [2.45, 2.75) is 126 Å². The van der Waals surface area contributed by atoms with Gasteiger partial charge in [-0.3, -0.25) is 38.4 Å². The van der Waals surface area contributed by atoms with Gasteiger partial charge in [0.2, 0.25) is 41.4 Å². The van der Waals surface area contributed by atoms with E-state index in [4.69, 9.17) is 24.9 Å². The van der Waals surface area contributed by atoms with Crippen LogP contribution in [0.1, 0.15) is 84.0 Å². The number of aliphatic hydroxyl groups is 5. The van der Waals surface area contributed by atoms with Crippen LogP contribution < -0.4 is 48.5 Å². The van der Waals surface area contributed by atoms with E-state index >= 15 is 4.39 Å². The number of cyclic esters (lactones) is 1. The molecule has 0 unspecified atom stereocenters. The van der Waals surface area contributed by atoms with Crippen LogP contribution in [0.4, 0.5) is 4.39 Å². The quantitative estimate of drug-likeness (QED) is 0.0160. The number of aliphatic hydroxyl groups excluding tert-OH is 4. The van der Waals surface area contributed by atoms with E-state index in [1.54, 1.807) is 50.2 Å². The number of fused-ring (bicyclic) bond motifs is 5. The lowest BCUT2D eigenvalue weighted by molar-refractivity contribution is -0.227. The third-order valence-electron chi connectivity index (χ3n) is 15.3. The molecule has 2 aromatic heterocycles. The number of aryl methyl sites for hydroxylation is 1. The van der Waals surface area contributed by atoms with Crippen molar-refractivity contribution >= 4 is 58.2 Å². The lowest BCUT2D eigenvalue weighted by Crippen LogP contribution is -2.60. The van der Waals surface area contributed by atoms with E-state index in [2.05, 4.69) is 37.2 Å². The van der Waals surface area contributed by atoms with Crippen LogP contribution in [0.25, 0.3) is 22.3 Å². The summed E-state index contributed by atoms with van der Waals surface area (Å²) in [5.74, 6) is -6.11. The van der Waals surface area contributed by atoms with Crippen LogP contribution in [0.5, 0.6) is 0 Å². The van der Waals surface area contributed by atoms with Crippen molar-refractivity contribution in [2.24, 2.45) is 5.73 Å². The average molecular weight is 1160 g/mol. The van der Waals surface area contributed by atoms with Crippen LogP contribution >= 0.6 is 0 Å². The topological polar surface area (TPSA) is 411 Å². The highest BCUT2D eigenvalue weighted by Crippen LogP contribution is 2.46. The van der Waals surface area contributed by atoms with Gasteiger partial charge in [-0.1, -0.05) is 37.3 Å². The summed E-state index contributed by atoms with van der Waals surface area (Å²) in [6.07, 6.45) is -6.85. The number of esters is 1. The molecular weight excluding hydrogens is 1090 g/mol. The molecule has 2 aromatic carbocycles. The molecule has 1 aliphatic carbocycles. The van der Waals surface area contributed by atoms with Crippen LogP contribution in [0.2, 0.25) is 0 Å². The number of pyridine rings is 2. The fourth-order valence-electron chi connectivity index (χ4n) is 10.6. The van der Waals surface area contributed by atoms with Crippen molar-refractivity contribution in [3.8, 4) is 11.4 Å². The Balaban J connectivity index is 0.768. The van der Waals surface area contributed by atoms with E-state index in [1.165, 1.54) is 10.6 Å². The van der Waals surface area contributed by atoms with Crippen molar-refractivity contribution in [1.29, 1.82) is 0 Å². The van der Waals surface area contributed by atoms with E-state index in [0.29, 0.717) is 57.4 Å². The molecule has 27 nitrogen and oxygen atoms in total. The van der Waals surface area contributed by atoms with Crippen LogP contribution in [-0.2, 0) is 84.2 Å². The first-order valence-electron chi connectivity index (χ1n) is 27.1. The fraction of sp³-hybridized carbons (Fsp3) is 0.491. The molecule has 8 rings (SSSR count). The third-order valence-corrected chi connectivity index (χ3v) is 15.3. The van der Waals surface area contributed by atoms with Crippen molar-refractivity contribution < 1.29 is 82.5 Å². The molecule has 4 aromatic rings. The van der Waals surface area contributed by atoms with Crippen LogP contribution in [-0.4, -0.2) is 171 Å². The maximum atomic E-state index is 15.4. The highest BCUT2D eigenvalue weighted by molar-refractivity contribution is 5.95. The lowest BCUT2D eigenvalue weighted by Gasteiger charge is -2.40. The van der Waals surface area contributed by atoms with Crippen molar-refractivity contribution in [1.82, 2.24) is 46.8 Å². The Morgan fingerprint density at radius 1 is 0.855 bits per heavy atom. The number of rotatable bonds is 24. The Morgan fingerprint density at radius 3 is 2.28 bits per heavy atom. The van der Waals surface area contributed by atoms with E-state index in [0.717, 1.165) is 5.56 Å². The van der Waals surface area contributed by atoms with Gasteiger partial charge in [0, 0.05) is 42.0 Å². The number of carbonyl (C=O) groups excluding carboxylic acids is 8. The summed E-state index contributed by atoms with van der Waals surface area (Å²) in [5.41, 5.74) is 7.77. The Hall–Kier alpha value is -7.83. The van der Waals surface area contributed by atoms with Crippen molar-refractivity contribution in [2.75, 3.05) is 46.1 Å². The van der Waals surface area contributed by atoms with Gasteiger partial charge in [0.15, 0.2) is 5.60 Å². The summed E-state index contributed by atoms with van der Waals surface area (Å²) in [6, 6.07) is 8.48. The molecule has 0 radical (unpaired) electrons. The number of halogens is 1. The molecule has 7 amide bonds.